The Labute approximate surface area is 87.6 Å². The molecule has 2 aliphatic rings. The summed E-state index contributed by atoms with van der Waals surface area (Å²) in [7, 11) is 0. The summed E-state index contributed by atoms with van der Waals surface area (Å²) in [4.78, 5) is 2.63. The zero-order valence-electron chi connectivity index (χ0n) is 9.70. The molecule has 82 valence electrons. The second-order valence-corrected chi connectivity index (χ2v) is 5.36. The molecule has 14 heavy (non-hydrogen) atoms. The summed E-state index contributed by atoms with van der Waals surface area (Å²) in [6.45, 7) is 11.7. The Morgan fingerprint density at radius 2 is 2.00 bits per heavy atom. The van der Waals surface area contributed by atoms with Gasteiger partial charge in [0.1, 0.15) is 0 Å². The van der Waals surface area contributed by atoms with Gasteiger partial charge >= 0.3 is 0 Å². The lowest BCUT2D eigenvalue weighted by atomic mass is 9.79. The molecule has 2 heterocycles. The van der Waals surface area contributed by atoms with Gasteiger partial charge in [-0.05, 0) is 30.7 Å². The summed E-state index contributed by atoms with van der Waals surface area (Å²) in [6, 6.07) is 0.741. The molecule has 0 spiro atoms. The lowest BCUT2D eigenvalue weighted by molar-refractivity contribution is -0.0837. The van der Waals surface area contributed by atoms with Crippen LogP contribution in [0.1, 0.15) is 27.2 Å². The van der Waals surface area contributed by atoms with Gasteiger partial charge in [-0.15, -0.1) is 0 Å². The summed E-state index contributed by atoms with van der Waals surface area (Å²) in [5.41, 5.74) is 0. The van der Waals surface area contributed by atoms with E-state index in [1.165, 1.54) is 19.5 Å². The molecular formula is C12H23NO. The fourth-order valence-corrected chi connectivity index (χ4v) is 2.95. The van der Waals surface area contributed by atoms with Gasteiger partial charge in [0.25, 0.3) is 0 Å². The minimum absolute atomic E-state index is 0.741. The molecule has 2 nitrogen and oxygen atoms in total. The number of rotatable bonds is 2. The minimum atomic E-state index is 0.741. The van der Waals surface area contributed by atoms with Crippen LogP contribution in [0.25, 0.3) is 0 Å². The van der Waals surface area contributed by atoms with Crippen LogP contribution in [0.15, 0.2) is 0 Å². The highest BCUT2D eigenvalue weighted by Crippen LogP contribution is 2.31. The van der Waals surface area contributed by atoms with Crippen LogP contribution in [0, 0.1) is 17.8 Å². The van der Waals surface area contributed by atoms with E-state index in [0.717, 1.165) is 37.0 Å². The summed E-state index contributed by atoms with van der Waals surface area (Å²) >= 11 is 0. The van der Waals surface area contributed by atoms with Gasteiger partial charge in [0, 0.05) is 6.54 Å². The van der Waals surface area contributed by atoms with Gasteiger partial charge in [-0.3, -0.25) is 4.90 Å². The molecule has 0 aromatic rings. The molecule has 0 radical (unpaired) electrons. The number of nitrogens with zero attached hydrogens (tertiary/aromatic N) is 1. The van der Waals surface area contributed by atoms with Crippen LogP contribution in [-0.4, -0.2) is 37.2 Å². The Balaban J connectivity index is 1.85. The predicted molar refractivity (Wildman–Crippen MR) is 58.3 cm³/mol. The van der Waals surface area contributed by atoms with E-state index < -0.39 is 0 Å². The summed E-state index contributed by atoms with van der Waals surface area (Å²) in [6.07, 6.45) is 1.38. The molecule has 0 N–H and O–H groups in total. The Kier molecular flexibility index (Phi) is 3.13. The van der Waals surface area contributed by atoms with Gasteiger partial charge in [0.05, 0.1) is 19.3 Å². The van der Waals surface area contributed by atoms with E-state index in [9.17, 15) is 0 Å². The highest BCUT2D eigenvalue weighted by atomic mass is 16.5. The molecule has 2 fully saturated rings. The van der Waals surface area contributed by atoms with Crippen molar-refractivity contribution in [1.82, 2.24) is 4.90 Å². The van der Waals surface area contributed by atoms with Gasteiger partial charge in [-0.2, -0.15) is 0 Å². The van der Waals surface area contributed by atoms with Crippen LogP contribution in [0.3, 0.4) is 0 Å². The standard InChI is InChI=1S/C12H23NO/c1-9(2)12-4-5-13(6-10(12)3)11-7-14-8-11/h9-12H,4-8H2,1-3H3/t10-,12-/m0/s1. The van der Waals surface area contributed by atoms with E-state index in [1.807, 2.05) is 0 Å². The number of hydrogen-bond donors (Lipinski definition) is 0. The molecule has 0 aromatic heterocycles. The van der Waals surface area contributed by atoms with Crippen molar-refractivity contribution < 1.29 is 4.74 Å². The van der Waals surface area contributed by atoms with Crippen LogP contribution < -0.4 is 0 Å². The average Bonchev–Trinajstić information content (AvgIpc) is 2.00. The molecule has 0 amide bonds. The monoisotopic (exact) mass is 197 g/mol. The second kappa shape index (κ2) is 4.19. The Morgan fingerprint density at radius 1 is 1.29 bits per heavy atom. The molecule has 2 aliphatic heterocycles. The molecule has 2 rings (SSSR count). The van der Waals surface area contributed by atoms with Crippen LogP contribution in [-0.2, 0) is 4.74 Å². The lowest BCUT2D eigenvalue weighted by Gasteiger charge is -2.45. The molecule has 0 aromatic carbocycles. The average molecular weight is 197 g/mol. The van der Waals surface area contributed by atoms with Crippen molar-refractivity contribution in [1.29, 1.82) is 0 Å². The predicted octanol–water partition coefficient (Wildman–Crippen LogP) is 2.00. The normalized spacial score (nSPS) is 36.0. The number of ether oxygens (including phenoxy) is 1. The number of hydrogen-bond acceptors (Lipinski definition) is 2. The third-order valence-corrected chi connectivity index (χ3v) is 4.00. The molecular weight excluding hydrogens is 174 g/mol. The second-order valence-electron chi connectivity index (χ2n) is 5.36. The minimum Gasteiger partial charge on any atom is -0.378 e. The van der Waals surface area contributed by atoms with Gasteiger partial charge in [-0.25, -0.2) is 0 Å². The van der Waals surface area contributed by atoms with Crippen molar-refractivity contribution in [2.24, 2.45) is 17.8 Å². The largest absolute Gasteiger partial charge is 0.378 e. The molecule has 2 saturated heterocycles. The fraction of sp³-hybridized carbons (Fsp3) is 1.00. The Bertz CT molecular complexity index is 189. The number of piperidine rings is 1. The molecule has 0 unspecified atom stereocenters. The van der Waals surface area contributed by atoms with Crippen molar-refractivity contribution in [3.8, 4) is 0 Å². The van der Waals surface area contributed by atoms with Crippen molar-refractivity contribution in [2.75, 3.05) is 26.3 Å². The summed E-state index contributed by atoms with van der Waals surface area (Å²) in [5.74, 6) is 2.65. The molecule has 2 atom stereocenters. The highest BCUT2D eigenvalue weighted by Gasteiger charge is 2.33. The smallest absolute Gasteiger partial charge is 0.0645 e. The topological polar surface area (TPSA) is 12.5 Å². The van der Waals surface area contributed by atoms with Gasteiger partial charge in [0.2, 0.25) is 0 Å². The van der Waals surface area contributed by atoms with E-state index >= 15 is 0 Å². The lowest BCUT2D eigenvalue weighted by Crippen LogP contribution is -2.54. The Hall–Kier alpha value is -0.0800. The van der Waals surface area contributed by atoms with Gasteiger partial charge in [-0.1, -0.05) is 20.8 Å². The van der Waals surface area contributed by atoms with Crippen LogP contribution >= 0.6 is 0 Å². The first-order valence-corrected chi connectivity index (χ1v) is 6.00. The third-order valence-electron chi connectivity index (χ3n) is 4.00. The molecule has 0 bridgehead atoms. The Morgan fingerprint density at radius 3 is 2.43 bits per heavy atom. The highest BCUT2D eigenvalue weighted by molar-refractivity contribution is 4.85. The van der Waals surface area contributed by atoms with E-state index in [0.29, 0.717) is 0 Å². The maximum absolute atomic E-state index is 5.26. The fourth-order valence-electron chi connectivity index (χ4n) is 2.95. The summed E-state index contributed by atoms with van der Waals surface area (Å²) in [5, 5.41) is 0. The van der Waals surface area contributed by atoms with Crippen LogP contribution in [0.5, 0.6) is 0 Å². The van der Waals surface area contributed by atoms with Gasteiger partial charge < -0.3 is 4.74 Å². The molecule has 0 aliphatic carbocycles. The first kappa shape index (κ1) is 10.4. The maximum atomic E-state index is 5.26. The molecule has 2 heteroatoms. The third kappa shape index (κ3) is 1.96. The van der Waals surface area contributed by atoms with Crippen LogP contribution in [0.2, 0.25) is 0 Å². The quantitative estimate of drug-likeness (QED) is 0.671. The maximum Gasteiger partial charge on any atom is 0.0645 e. The summed E-state index contributed by atoms with van der Waals surface area (Å²) < 4.78 is 5.26. The van der Waals surface area contributed by atoms with Gasteiger partial charge in [0.15, 0.2) is 0 Å². The van der Waals surface area contributed by atoms with Crippen molar-refractivity contribution >= 4 is 0 Å². The SMILES string of the molecule is CC(C)[C@@H]1CCN(C2COC2)C[C@@H]1C. The first-order chi connectivity index (χ1) is 6.68. The molecule has 0 saturated carbocycles. The first-order valence-electron chi connectivity index (χ1n) is 6.00. The van der Waals surface area contributed by atoms with E-state index in [4.69, 9.17) is 4.74 Å². The van der Waals surface area contributed by atoms with Crippen molar-refractivity contribution in [3.63, 3.8) is 0 Å². The van der Waals surface area contributed by atoms with E-state index in [1.54, 1.807) is 0 Å². The van der Waals surface area contributed by atoms with Crippen molar-refractivity contribution in [3.05, 3.63) is 0 Å². The van der Waals surface area contributed by atoms with E-state index in [-0.39, 0.29) is 0 Å². The number of likely N-dealkylation sites (tertiary alicyclic amines) is 1. The van der Waals surface area contributed by atoms with E-state index in [2.05, 4.69) is 25.7 Å². The van der Waals surface area contributed by atoms with Crippen LogP contribution in [0.4, 0.5) is 0 Å². The zero-order valence-corrected chi connectivity index (χ0v) is 9.70. The zero-order chi connectivity index (χ0) is 10.1. The van der Waals surface area contributed by atoms with Crippen molar-refractivity contribution in [2.45, 2.75) is 33.2 Å².